The van der Waals surface area contributed by atoms with Gasteiger partial charge in [-0.1, -0.05) is 72.8 Å². The van der Waals surface area contributed by atoms with Gasteiger partial charge in [-0.25, -0.2) is 0 Å². The van der Waals surface area contributed by atoms with Crippen LogP contribution >= 0.6 is 11.8 Å². The molecule has 0 aliphatic rings. The summed E-state index contributed by atoms with van der Waals surface area (Å²) in [4.78, 5) is 43.0. The quantitative estimate of drug-likeness (QED) is 0.127. The Morgan fingerprint density at radius 1 is 0.739 bits per heavy atom. The fourth-order valence-corrected chi connectivity index (χ4v) is 6.05. The van der Waals surface area contributed by atoms with Crippen LogP contribution in [-0.4, -0.2) is 42.1 Å². The van der Waals surface area contributed by atoms with Crippen LogP contribution in [0.5, 0.6) is 0 Å². The van der Waals surface area contributed by atoms with E-state index in [2.05, 4.69) is 10.6 Å². The van der Waals surface area contributed by atoms with E-state index in [0.29, 0.717) is 11.3 Å². The number of rotatable bonds is 9. The zero-order valence-electron chi connectivity index (χ0n) is 25.4. The highest BCUT2D eigenvalue weighted by Gasteiger charge is 2.17. The van der Waals surface area contributed by atoms with Crippen molar-refractivity contribution in [1.82, 2.24) is 9.88 Å². The number of para-hydroxylation sites is 2. The number of anilines is 2. The summed E-state index contributed by atoms with van der Waals surface area (Å²) < 4.78 is 1.78. The standard InChI is InChI=1S/C38H32N4O3S/c1-41(2)29-21-19-26(20-22-29)23-33(40-37(44)27-11-4-3-5-12-27)38(45)39-28-13-10-14-30(24-28)46-25-36(43)42-34-17-8-6-15-31(34)32-16-7-9-18-35(32)42/h3-24H,25H2,1-2H3,(H,39,45)(H,40,44)/b33-23+. The second-order valence-corrected chi connectivity index (χ2v) is 11.9. The smallest absolute Gasteiger partial charge is 0.272 e. The van der Waals surface area contributed by atoms with Gasteiger partial charge in [0.05, 0.1) is 16.8 Å². The molecule has 46 heavy (non-hydrogen) atoms. The molecule has 1 heterocycles. The molecule has 7 nitrogen and oxygen atoms in total. The van der Waals surface area contributed by atoms with Crippen molar-refractivity contribution in [3.8, 4) is 0 Å². The number of carbonyl (C=O) groups is 3. The van der Waals surface area contributed by atoms with Crippen LogP contribution in [0.2, 0.25) is 0 Å². The normalized spacial score (nSPS) is 11.4. The van der Waals surface area contributed by atoms with Gasteiger partial charge in [-0.15, -0.1) is 11.8 Å². The molecule has 0 atom stereocenters. The summed E-state index contributed by atoms with van der Waals surface area (Å²) in [5.74, 6) is -0.684. The van der Waals surface area contributed by atoms with Crippen molar-refractivity contribution in [3.05, 3.63) is 144 Å². The lowest BCUT2D eigenvalue weighted by Crippen LogP contribution is -2.30. The Bertz CT molecular complexity index is 2030. The van der Waals surface area contributed by atoms with Gasteiger partial charge in [0.2, 0.25) is 5.91 Å². The van der Waals surface area contributed by atoms with Crippen LogP contribution < -0.4 is 15.5 Å². The van der Waals surface area contributed by atoms with Crippen molar-refractivity contribution in [3.63, 3.8) is 0 Å². The largest absolute Gasteiger partial charge is 0.378 e. The Kier molecular flexibility index (Phi) is 8.98. The molecule has 0 bridgehead atoms. The van der Waals surface area contributed by atoms with E-state index in [4.69, 9.17) is 0 Å². The molecule has 2 amide bonds. The van der Waals surface area contributed by atoms with E-state index in [9.17, 15) is 14.4 Å². The second kappa shape index (κ2) is 13.6. The monoisotopic (exact) mass is 624 g/mol. The molecule has 0 saturated carbocycles. The maximum atomic E-state index is 13.6. The molecule has 2 N–H and O–H groups in total. The van der Waals surface area contributed by atoms with Crippen LogP contribution in [0.15, 0.2) is 138 Å². The summed E-state index contributed by atoms with van der Waals surface area (Å²) in [6, 6.07) is 39.6. The number of hydrogen-bond donors (Lipinski definition) is 2. The van der Waals surface area contributed by atoms with Gasteiger partial charge in [0, 0.05) is 46.7 Å². The topological polar surface area (TPSA) is 83.4 Å². The van der Waals surface area contributed by atoms with Gasteiger partial charge in [0.25, 0.3) is 11.8 Å². The highest BCUT2D eigenvalue weighted by molar-refractivity contribution is 8.00. The van der Waals surface area contributed by atoms with Crippen molar-refractivity contribution in [2.45, 2.75) is 4.90 Å². The maximum absolute atomic E-state index is 13.6. The SMILES string of the molecule is CN(C)c1ccc(/C=C(/NC(=O)c2ccccc2)C(=O)Nc2cccc(SCC(=O)n3c4ccccc4c4ccccc43)c2)cc1. The minimum Gasteiger partial charge on any atom is -0.378 e. The van der Waals surface area contributed by atoms with Gasteiger partial charge in [0.15, 0.2) is 0 Å². The molecule has 0 fully saturated rings. The maximum Gasteiger partial charge on any atom is 0.272 e. The molecule has 6 rings (SSSR count). The summed E-state index contributed by atoms with van der Waals surface area (Å²) in [5, 5.41) is 7.78. The molecule has 5 aromatic carbocycles. The highest BCUT2D eigenvalue weighted by atomic mass is 32.2. The summed E-state index contributed by atoms with van der Waals surface area (Å²) in [5.41, 5.74) is 4.62. The molecule has 0 saturated heterocycles. The third-order valence-electron chi connectivity index (χ3n) is 7.53. The number of carbonyl (C=O) groups excluding carboxylic acids is 3. The van der Waals surface area contributed by atoms with Crippen LogP contribution in [0.1, 0.15) is 20.7 Å². The van der Waals surface area contributed by atoms with Gasteiger partial charge < -0.3 is 15.5 Å². The molecule has 1 aromatic heterocycles. The number of amides is 2. The molecule has 0 unspecified atom stereocenters. The summed E-state index contributed by atoms with van der Waals surface area (Å²) in [6.07, 6.45) is 1.65. The summed E-state index contributed by atoms with van der Waals surface area (Å²) in [7, 11) is 3.91. The third-order valence-corrected chi connectivity index (χ3v) is 8.51. The Morgan fingerprint density at radius 2 is 1.37 bits per heavy atom. The number of nitrogens with zero attached hydrogens (tertiary/aromatic N) is 2. The van der Waals surface area contributed by atoms with Crippen LogP contribution in [-0.2, 0) is 4.79 Å². The number of aromatic nitrogens is 1. The number of fused-ring (bicyclic) bond motifs is 3. The summed E-state index contributed by atoms with van der Waals surface area (Å²) >= 11 is 1.40. The van der Waals surface area contributed by atoms with Crippen molar-refractivity contribution < 1.29 is 14.4 Å². The van der Waals surface area contributed by atoms with Gasteiger partial charge in [0.1, 0.15) is 5.70 Å². The lowest BCUT2D eigenvalue weighted by atomic mass is 10.1. The van der Waals surface area contributed by atoms with Gasteiger partial charge in [-0.3, -0.25) is 19.0 Å². The average molecular weight is 625 g/mol. The van der Waals surface area contributed by atoms with E-state index in [0.717, 1.165) is 38.0 Å². The predicted molar refractivity (Wildman–Crippen MR) is 189 cm³/mol. The first-order valence-electron chi connectivity index (χ1n) is 14.8. The van der Waals surface area contributed by atoms with E-state index >= 15 is 0 Å². The van der Waals surface area contributed by atoms with Gasteiger partial charge >= 0.3 is 0 Å². The molecule has 228 valence electrons. The number of hydrogen-bond acceptors (Lipinski definition) is 5. The molecule has 0 spiro atoms. The van der Waals surface area contributed by atoms with Crippen molar-refractivity contribution in [1.29, 1.82) is 0 Å². The molecule has 0 aliphatic carbocycles. The highest BCUT2D eigenvalue weighted by Crippen LogP contribution is 2.30. The average Bonchev–Trinajstić information content (AvgIpc) is 3.42. The van der Waals surface area contributed by atoms with Gasteiger partial charge in [-0.05, 0) is 66.2 Å². The van der Waals surface area contributed by atoms with Crippen LogP contribution in [0, 0.1) is 0 Å². The minimum absolute atomic E-state index is 0.0361. The predicted octanol–water partition coefficient (Wildman–Crippen LogP) is 7.70. The molecule has 6 aromatic rings. The van der Waals surface area contributed by atoms with E-state index in [1.54, 1.807) is 41.0 Å². The Labute approximate surface area is 271 Å². The first-order valence-corrected chi connectivity index (χ1v) is 15.8. The third kappa shape index (κ3) is 6.72. The first-order chi connectivity index (χ1) is 22.4. The van der Waals surface area contributed by atoms with E-state index < -0.39 is 5.91 Å². The zero-order chi connectivity index (χ0) is 32.0. The fourth-order valence-electron chi connectivity index (χ4n) is 5.24. The Balaban J connectivity index is 1.20. The van der Waals surface area contributed by atoms with E-state index in [1.165, 1.54) is 11.8 Å². The lowest BCUT2D eigenvalue weighted by Gasteiger charge is -2.14. The minimum atomic E-state index is -0.468. The van der Waals surface area contributed by atoms with Gasteiger partial charge in [-0.2, -0.15) is 0 Å². The van der Waals surface area contributed by atoms with Crippen molar-refractivity contribution >= 4 is 68.7 Å². The lowest BCUT2D eigenvalue weighted by molar-refractivity contribution is -0.113. The number of thioether (sulfide) groups is 1. The number of benzene rings is 5. The fraction of sp³-hybridized carbons (Fsp3) is 0.0789. The second-order valence-electron chi connectivity index (χ2n) is 10.9. The van der Waals surface area contributed by atoms with Crippen molar-refractivity contribution in [2.24, 2.45) is 0 Å². The summed E-state index contributed by atoms with van der Waals surface area (Å²) in [6.45, 7) is 0. The molecule has 0 aliphatic heterocycles. The molecule has 8 heteroatoms. The van der Waals surface area contributed by atoms with E-state index in [1.807, 2.05) is 116 Å². The number of nitrogens with one attached hydrogen (secondary N) is 2. The molecule has 0 radical (unpaired) electrons. The van der Waals surface area contributed by atoms with Crippen LogP contribution in [0.25, 0.3) is 27.9 Å². The van der Waals surface area contributed by atoms with Crippen LogP contribution in [0.4, 0.5) is 11.4 Å². The molecular formula is C38H32N4O3S. The van der Waals surface area contributed by atoms with Crippen LogP contribution in [0.3, 0.4) is 0 Å². The molecular weight excluding hydrogens is 593 g/mol. The Hall–Kier alpha value is -5.60. The Morgan fingerprint density at radius 3 is 2.02 bits per heavy atom. The van der Waals surface area contributed by atoms with Crippen molar-refractivity contribution in [2.75, 3.05) is 30.1 Å². The zero-order valence-corrected chi connectivity index (χ0v) is 26.3. The first kappa shape index (κ1) is 30.4. The van der Waals surface area contributed by atoms with E-state index in [-0.39, 0.29) is 23.3 Å².